The summed E-state index contributed by atoms with van der Waals surface area (Å²) in [5.41, 5.74) is -0.0361. The van der Waals surface area contributed by atoms with E-state index in [2.05, 4.69) is 5.32 Å². The normalized spacial score (nSPS) is 16.3. The highest BCUT2D eigenvalue weighted by molar-refractivity contribution is 6.00. The van der Waals surface area contributed by atoms with Crippen molar-refractivity contribution in [2.45, 2.75) is 78.0 Å². The number of ether oxygens (including phenoxy) is 4. The summed E-state index contributed by atoms with van der Waals surface area (Å²) in [6.07, 6.45) is -1.99. The van der Waals surface area contributed by atoms with Crippen molar-refractivity contribution in [3.63, 3.8) is 0 Å². The van der Waals surface area contributed by atoms with E-state index in [1.807, 2.05) is 37.3 Å². The Kier molecular flexibility index (Phi) is 11.5. The van der Waals surface area contributed by atoms with Crippen LogP contribution in [-0.2, 0) is 14.3 Å². The van der Waals surface area contributed by atoms with Gasteiger partial charge in [0.05, 0.1) is 38.6 Å². The highest BCUT2D eigenvalue weighted by Gasteiger charge is 2.63. The Labute approximate surface area is 251 Å². The number of esters is 1. The van der Waals surface area contributed by atoms with E-state index in [-0.39, 0.29) is 50.4 Å². The topological polar surface area (TPSA) is 103 Å². The predicted molar refractivity (Wildman–Crippen MR) is 157 cm³/mol. The summed E-state index contributed by atoms with van der Waals surface area (Å²) in [6.45, 7) is 10.9. The number of amides is 2. The van der Waals surface area contributed by atoms with Crippen LogP contribution in [0.2, 0.25) is 0 Å². The fourth-order valence-electron chi connectivity index (χ4n) is 5.20. The Morgan fingerprint density at radius 1 is 0.930 bits per heavy atom. The average molecular weight is 605 g/mol. The Morgan fingerprint density at radius 2 is 1.51 bits per heavy atom. The van der Waals surface area contributed by atoms with Crippen molar-refractivity contribution in [1.82, 2.24) is 10.2 Å². The number of alkyl halides is 2. The SMILES string of the molecule is CCOC(=O)C1(NC(=O)N(CCO[C@@H](C)c2ccccc2)[C@H](C)c2cc(OCC)c(C(C)=O)c(OCC)c2)CC(F)(F)C1. The third-order valence-electron chi connectivity index (χ3n) is 7.35. The van der Waals surface area contributed by atoms with Crippen LogP contribution in [0.5, 0.6) is 11.5 Å². The smallest absolute Gasteiger partial charge is 0.332 e. The van der Waals surface area contributed by atoms with E-state index in [0.717, 1.165) is 5.56 Å². The summed E-state index contributed by atoms with van der Waals surface area (Å²) >= 11 is 0. The summed E-state index contributed by atoms with van der Waals surface area (Å²) in [5, 5.41) is 2.56. The highest BCUT2D eigenvalue weighted by atomic mass is 19.3. The first-order valence-corrected chi connectivity index (χ1v) is 14.6. The second-order valence-corrected chi connectivity index (χ2v) is 10.5. The number of ketones is 1. The van der Waals surface area contributed by atoms with Crippen LogP contribution in [0.4, 0.5) is 13.6 Å². The van der Waals surface area contributed by atoms with Gasteiger partial charge >= 0.3 is 12.0 Å². The number of hydrogen-bond donors (Lipinski definition) is 1. The monoisotopic (exact) mass is 604 g/mol. The molecule has 2 aromatic carbocycles. The molecular weight excluding hydrogens is 562 g/mol. The molecule has 1 N–H and O–H groups in total. The van der Waals surface area contributed by atoms with Crippen molar-refractivity contribution >= 4 is 17.8 Å². The van der Waals surface area contributed by atoms with Crippen molar-refractivity contribution in [3.8, 4) is 11.5 Å². The number of rotatable bonds is 15. The molecule has 11 heteroatoms. The molecule has 236 valence electrons. The lowest BCUT2D eigenvalue weighted by Gasteiger charge is -2.46. The first kappa shape index (κ1) is 33.8. The Hall–Kier alpha value is -3.73. The van der Waals surface area contributed by atoms with Crippen LogP contribution >= 0.6 is 0 Å². The van der Waals surface area contributed by atoms with Gasteiger partial charge in [-0.2, -0.15) is 0 Å². The van der Waals surface area contributed by atoms with Crippen molar-refractivity contribution in [2.24, 2.45) is 0 Å². The van der Waals surface area contributed by atoms with Gasteiger partial charge in [-0.25, -0.2) is 18.4 Å². The number of urea groups is 1. The molecule has 2 atom stereocenters. The van der Waals surface area contributed by atoms with Gasteiger partial charge in [-0.1, -0.05) is 30.3 Å². The van der Waals surface area contributed by atoms with Crippen LogP contribution in [-0.4, -0.2) is 67.1 Å². The van der Waals surface area contributed by atoms with Gasteiger partial charge in [0, 0.05) is 19.4 Å². The van der Waals surface area contributed by atoms with Crippen LogP contribution in [0.15, 0.2) is 42.5 Å². The Balaban J connectivity index is 1.96. The maximum atomic E-state index is 14.1. The molecule has 1 aliphatic rings. The number of nitrogens with zero attached hydrogens (tertiary/aromatic N) is 1. The van der Waals surface area contributed by atoms with Crippen LogP contribution in [0.25, 0.3) is 0 Å². The second-order valence-electron chi connectivity index (χ2n) is 10.5. The molecule has 0 heterocycles. The molecule has 2 aromatic rings. The molecule has 0 saturated heterocycles. The number of Topliss-reactive ketones (excluding diaryl/α,β-unsaturated/α-hetero) is 1. The molecule has 1 fully saturated rings. The first-order chi connectivity index (χ1) is 20.4. The van der Waals surface area contributed by atoms with E-state index in [0.29, 0.717) is 17.1 Å². The molecule has 0 aromatic heterocycles. The van der Waals surface area contributed by atoms with E-state index in [1.165, 1.54) is 11.8 Å². The number of halogens is 2. The van der Waals surface area contributed by atoms with Gasteiger partial charge in [-0.15, -0.1) is 0 Å². The fraction of sp³-hybridized carbons (Fsp3) is 0.531. The zero-order valence-electron chi connectivity index (χ0n) is 25.7. The summed E-state index contributed by atoms with van der Waals surface area (Å²) in [7, 11) is 0. The molecule has 0 radical (unpaired) electrons. The highest BCUT2D eigenvalue weighted by Crippen LogP contribution is 2.46. The van der Waals surface area contributed by atoms with Crippen molar-refractivity contribution < 1.29 is 42.1 Å². The van der Waals surface area contributed by atoms with E-state index < -0.39 is 42.3 Å². The van der Waals surface area contributed by atoms with Crippen LogP contribution in [0.1, 0.15) is 88.0 Å². The molecule has 3 rings (SSSR count). The van der Waals surface area contributed by atoms with Gasteiger partial charge in [0.2, 0.25) is 0 Å². The predicted octanol–water partition coefficient (Wildman–Crippen LogP) is 6.27. The minimum Gasteiger partial charge on any atom is -0.493 e. The number of carbonyl (C=O) groups excluding carboxylic acids is 3. The summed E-state index contributed by atoms with van der Waals surface area (Å²) < 4.78 is 50.7. The number of hydrogen-bond acceptors (Lipinski definition) is 7. The first-order valence-electron chi connectivity index (χ1n) is 14.6. The Morgan fingerprint density at radius 3 is 2.00 bits per heavy atom. The van der Waals surface area contributed by atoms with Gasteiger partial charge in [0.25, 0.3) is 5.92 Å². The van der Waals surface area contributed by atoms with Gasteiger partial charge in [-0.3, -0.25) is 4.79 Å². The average Bonchev–Trinajstić information content (AvgIpc) is 2.94. The zero-order valence-corrected chi connectivity index (χ0v) is 25.7. The largest absolute Gasteiger partial charge is 0.493 e. The zero-order chi connectivity index (χ0) is 31.8. The standard InChI is InChI=1S/C32H42F2N2O7/c1-7-40-26-17-25(18-27(41-8-2)28(26)22(5)37)21(4)36(15-16-43-23(6)24-13-11-10-12-14-24)30(39)35-31(29(38)42-9-3)19-32(33,34)20-31/h10-14,17-18,21,23H,7-9,15-16,19-20H2,1-6H3,(H,35,39)/t21-,23+/m1/s1. The van der Waals surface area contributed by atoms with Gasteiger partial charge in [0.1, 0.15) is 17.1 Å². The lowest BCUT2D eigenvalue weighted by Crippen LogP contribution is -2.68. The van der Waals surface area contributed by atoms with Crippen molar-refractivity contribution in [3.05, 3.63) is 59.2 Å². The second kappa shape index (κ2) is 14.6. The number of nitrogens with one attached hydrogen (secondary N) is 1. The quantitative estimate of drug-likeness (QED) is 0.189. The molecule has 1 saturated carbocycles. The fourth-order valence-corrected chi connectivity index (χ4v) is 5.20. The van der Waals surface area contributed by atoms with E-state index >= 15 is 0 Å². The van der Waals surface area contributed by atoms with Gasteiger partial charge < -0.3 is 29.2 Å². The Bertz CT molecular complexity index is 1240. The molecule has 1 aliphatic carbocycles. The van der Waals surface area contributed by atoms with E-state index in [1.54, 1.807) is 39.8 Å². The van der Waals surface area contributed by atoms with E-state index in [4.69, 9.17) is 18.9 Å². The lowest BCUT2D eigenvalue weighted by atomic mass is 9.73. The molecule has 2 amide bonds. The molecule has 0 spiro atoms. The molecule has 0 unspecified atom stereocenters. The van der Waals surface area contributed by atoms with Gasteiger partial charge in [0.15, 0.2) is 11.3 Å². The number of carbonyl (C=O) groups is 3. The minimum absolute atomic E-state index is 0.0176. The summed E-state index contributed by atoms with van der Waals surface area (Å²) in [4.78, 5) is 40.5. The van der Waals surface area contributed by atoms with Crippen LogP contribution in [0.3, 0.4) is 0 Å². The van der Waals surface area contributed by atoms with E-state index in [9.17, 15) is 23.2 Å². The third-order valence-corrected chi connectivity index (χ3v) is 7.35. The summed E-state index contributed by atoms with van der Waals surface area (Å²) in [5.74, 6) is -3.64. The molecule has 0 bridgehead atoms. The van der Waals surface area contributed by atoms with Crippen LogP contribution < -0.4 is 14.8 Å². The van der Waals surface area contributed by atoms with Gasteiger partial charge in [-0.05, 0) is 64.8 Å². The van der Waals surface area contributed by atoms with Crippen LogP contribution in [0, 0.1) is 0 Å². The molecule has 43 heavy (non-hydrogen) atoms. The maximum absolute atomic E-state index is 14.1. The molecule has 0 aliphatic heterocycles. The number of benzene rings is 2. The third kappa shape index (κ3) is 8.22. The minimum atomic E-state index is -3.11. The lowest BCUT2D eigenvalue weighted by molar-refractivity contribution is -0.181. The summed E-state index contributed by atoms with van der Waals surface area (Å²) in [6, 6.07) is 11.5. The maximum Gasteiger partial charge on any atom is 0.332 e. The van der Waals surface area contributed by atoms with Crippen molar-refractivity contribution in [2.75, 3.05) is 33.0 Å². The van der Waals surface area contributed by atoms with Crippen molar-refractivity contribution in [1.29, 1.82) is 0 Å². The molecular formula is C32H42F2N2O7. The molecule has 9 nitrogen and oxygen atoms in total.